The smallest absolute Gasteiger partial charge is 0.292 e. The Bertz CT molecular complexity index is 758. The minimum Gasteiger partial charge on any atom is -0.372 e. The van der Waals surface area contributed by atoms with Crippen LogP contribution in [-0.4, -0.2) is 9.91 Å². The van der Waals surface area contributed by atoms with Crippen molar-refractivity contribution in [3.8, 4) is 0 Å². The Labute approximate surface area is 127 Å². The molecule has 110 valence electrons. The molecule has 1 aromatic heterocycles. The third-order valence-electron chi connectivity index (χ3n) is 4.61. The first-order valence-corrected chi connectivity index (χ1v) is 7.36. The van der Waals surface area contributed by atoms with Crippen LogP contribution in [0.4, 0.5) is 11.4 Å². The lowest BCUT2D eigenvalue weighted by Crippen LogP contribution is -2.29. The number of fused-ring (bicyclic) bond motifs is 3. The summed E-state index contributed by atoms with van der Waals surface area (Å²) in [4.78, 5) is 15.2. The monoisotopic (exact) mass is 293 g/mol. The molecule has 0 amide bonds. The van der Waals surface area contributed by atoms with Crippen LogP contribution in [0.3, 0.4) is 0 Å². The van der Waals surface area contributed by atoms with Crippen molar-refractivity contribution in [2.45, 2.75) is 18.4 Å². The van der Waals surface area contributed by atoms with E-state index in [2.05, 4.69) is 22.5 Å². The fourth-order valence-electron chi connectivity index (χ4n) is 3.65. The van der Waals surface area contributed by atoms with Gasteiger partial charge in [-0.15, -0.1) is 0 Å². The molecule has 0 spiro atoms. The van der Waals surface area contributed by atoms with Gasteiger partial charge in [0.25, 0.3) is 5.69 Å². The van der Waals surface area contributed by atoms with E-state index in [9.17, 15) is 10.1 Å². The molecule has 1 aliphatic heterocycles. The largest absolute Gasteiger partial charge is 0.372 e. The average molecular weight is 293 g/mol. The molecule has 1 aromatic carbocycles. The molecule has 0 saturated carbocycles. The summed E-state index contributed by atoms with van der Waals surface area (Å²) in [5, 5.41) is 14.8. The number of hydrogen-bond acceptors (Lipinski definition) is 4. The van der Waals surface area contributed by atoms with Crippen LogP contribution in [0.5, 0.6) is 0 Å². The summed E-state index contributed by atoms with van der Waals surface area (Å²) in [6.07, 6.45) is 8.91. The van der Waals surface area contributed by atoms with Gasteiger partial charge in [0.05, 0.1) is 11.0 Å². The normalized spacial score (nSPS) is 25.2. The Morgan fingerprint density at radius 1 is 1.27 bits per heavy atom. The Morgan fingerprint density at radius 3 is 2.95 bits per heavy atom. The van der Waals surface area contributed by atoms with Crippen LogP contribution in [0, 0.1) is 16.0 Å². The lowest BCUT2D eigenvalue weighted by atomic mass is 9.77. The van der Waals surface area contributed by atoms with E-state index in [0.717, 1.165) is 17.5 Å². The van der Waals surface area contributed by atoms with Crippen molar-refractivity contribution >= 4 is 11.4 Å². The van der Waals surface area contributed by atoms with E-state index in [1.807, 2.05) is 24.4 Å². The molecule has 2 aromatic rings. The maximum absolute atomic E-state index is 11.3. The third-order valence-corrected chi connectivity index (χ3v) is 4.61. The van der Waals surface area contributed by atoms with E-state index in [1.165, 1.54) is 0 Å². The molecule has 1 aliphatic carbocycles. The van der Waals surface area contributed by atoms with Crippen molar-refractivity contribution in [1.29, 1.82) is 0 Å². The van der Waals surface area contributed by atoms with Gasteiger partial charge in [0.15, 0.2) is 0 Å². The van der Waals surface area contributed by atoms with Gasteiger partial charge in [-0.1, -0.05) is 30.4 Å². The minimum atomic E-state index is -0.314. The molecule has 22 heavy (non-hydrogen) atoms. The summed E-state index contributed by atoms with van der Waals surface area (Å²) in [5.41, 5.74) is 2.89. The zero-order valence-corrected chi connectivity index (χ0v) is 11.8. The molecular formula is C17H15N3O2. The van der Waals surface area contributed by atoms with Crippen molar-refractivity contribution < 1.29 is 4.92 Å². The highest BCUT2D eigenvalue weighted by Gasteiger charge is 2.40. The number of hydrogen-bond donors (Lipinski definition) is 1. The summed E-state index contributed by atoms with van der Waals surface area (Å²) in [5.74, 6) is 0.597. The second-order valence-electron chi connectivity index (χ2n) is 5.76. The summed E-state index contributed by atoms with van der Waals surface area (Å²) in [7, 11) is 0. The van der Waals surface area contributed by atoms with Crippen LogP contribution >= 0.6 is 0 Å². The molecule has 0 radical (unpaired) electrons. The van der Waals surface area contributed by atoms with E-state index in [-0.39, 0.29) is 22.6 Å². The van der Waals surface area contributed by atoms with Gasteiger partial charge < -0.3 is 5.32 Å². The molecule has 0 saturated heterocycles. The SMILES string of the molecule is O=[N+]([O-])c1cccc2c1NC(c1cccnc1)C1CC=CC21. The number of benzene rings is 1. The van der Waals surface area contributed by atoms with E-state index in [0.29, 0.717) is 11.6 Å². The van der Waals surface area contributed by atoms with Crippen LogP contribution in [0.25, 0.3) is 0 Å². The molecule has 1 N–H and O–H groups in total. The third kappa shape index (κ3) is 1.89. The maximum atomic E-state index is 11.3. The lowest BCUT2D eigenvalue weighted by Gasteiger charge is -2.36. The number of nitrogens with one attached hydrogen (secondary N) is 1. The van der Waals surface area contributed by atoms with Gasteiger partial charge in [-0.2, -0.15) is 0 Å². The summed E-state index contributed by atoms with van der Waals surface area (Å²) in [6, 6.07) is 9.30. The van der Waals surface area contributed by atoms with Crippen molar-refractivity contribution in [1.82, 2.24) is 4.98 Å². The van der Waals surface area contributed by atoms with Crippen molar-refractivity contribution in [2.24, 2.45) is 5.92 Å². The second kappa shape index (κ2) is 4.94. The minimum absolute atomic E-state index is 0.0438. The maximum Gasteiger partial charge on any atom is 0.292 e. The van der Waals surface area contributed by atoms with Gasteiger partial charge >= 0.3 is 0 Å². The standard InChI is InChI=1S/C17H15N3O2/c21-20(22)15-8-2-7-14-12-5-1-6-13(12)16(19-17(14)15)11-4-3-9-18-10-11/h1-5,7-10,12-13,16,19H,6H2. The first-order valence-electron chi connectivity index (χ1n) is 7.36. The van der Waals surface area contributed by atoms with Crippen molar-refractivity contribution in [3.63, 3.8) is 0 Å². The summed E-state index contributed by atoms with van der Waals surface area (Å²) in [6.45, 7) is 0. The van der Waals surface area contributed by atoms with E-state index in [4.69, 9.17) is 0 Å². The zero-order valence-electron chi connectivity index (χ0n) is 11.8. The molecule has 3 atom stereocenters. The van der Waals surface area contributed by atoms with Crippen LogP contribution in [-0.2, 0) is 0 Å². The Hall–Kier alpha value is -2.69. The highest BCUT2D eigenvalue weighted by molar-refractivity contribution is 5.71. The molecule has 5 nitrogen and oxygen atoms in total. The average Bonchev–Trinajstić information content (AvgIpc) is 3.04. The van der Waals surface area contributed by atoms with Crippen LogP contribution in [0.1, 0.15) is 29.5 Å². The highest BCUT2D eigenvalue weighted by Crippen LogP contribution is 2.51. The Balaban J connectivity index is 1.85. The van der Waals surface area contributed by atoms with Gasteiger partial charge in [-0.05, 0) is 29.5 Å². The molecule has 2 heterocycles. The first-order chi connectivity index (χ1) is 10.8. The number of pyridine rings is 1. The van der Waals surface area contributed by atoms with E-state index < -0.39 is 0 Å². The van der Waals surface area contributed by atoms with Crippen LogP contribution in [0.2, 0.25) is 0 Å². The predicted octanol–water partition coefficient (Wildman–Crippen LogP) is 3.82. The van der Waals surface area contributed by atoms with Crippen LogP contribution in [0.15, 0.2) is 54.9 Å². The number of anilines is 1. The van der Waals surface area contributed by atoms with E-state index in [1.54, 1.807) is 18.3 Å². The molecule has 0 fully saturated rings. The van der Waals surface area contributed by atoms with Crippen LogP contribution < -0.4 is 5.32 Å². The van der Waals surface area contributed by atoms with Gasteiger partial charge in [-0.25, -0.2) is 0 Å². The van der Waals surface area contributed by atoms with E-state index >= 15 is 0 Å². The second-order valence-corrected chi connectivity index (χ2v) is 5.76. The zero-order chi connectivity index (χ0) is 15.1. The summed E-state index contributed by atoms with van der Waals surface area (Å²) >= 11 is 0. The number of aromatic nitrogens is 1. The number of nitrogens with zero attached hydrogens (tertiary/aromatic N) is 2. The van der Waals surface area contributed by atoms with Gasteiger partial charge in [0.1, 0.15) is 5.69 Å². The fraction of sp³-hybridized carbons (Fsp3) is 0.235. The first kappa shape index (κ1) is 13.0. The Morgan fingerprint density at radius 2 is 2.18 bits per heavy atom. The van der Waals surface area contributed by atoms with Crippen molar-refractivity contribution in [3.05, 3.63) is 76.1 Å². The number of rotatable bonds is 2. The fourth-order valence-corrected chi connectivity index (χ4v) is 3.65. The molecule has 4 rings (SSSR count). The number of nitro groups is 1. The molecular weight excluding hydrogens is 278 g/mol. The van der Waals surface area contributed by atoms with Gasteiger partial charge in [-0.3, -0.25) is 15.1 Å². The molecule has 0 bridgehead atoms. The number of para-hydroxylation sites is 1. The Kier molecular flexibility index (Phi) is 2.92. The molecule has 2 aliphatic rings. The molecule has 3 unspecified atom stereocenters. The predicted molar refractivity (Wildman–Crippen MR) is 83.7 cm³/mol. The summed E-state index contributed by atoms with van der Waals surface area (Å²) < 4.78 is 0. The number of allylic oxidation sites excluding steroid dienone is 2. The topological polar surface area (TPSA) is 68.1 Å². The quantitative estimate of drug-likeness (QED) is 0.519. The number of nitro benzene ring substituents is 1. The molecule has 5 heteroatoms. The van der Waals surface area contributed by atoms with Gasteiger partial charge in [0.2, 0.25) is 0 Å². The lowest BCUT2D eigenvalue weighted by molar-refractivity contribution is -0.384. The van der Waals surface area contributed by atoms with Gasteiger partial charge in [0, 0.05) is 24.4 Å². The van der Waals surface area contributed by atoms with Crippen molar-refractivity contribution in [2.75, 3.05) is 5.32 Å². The highest BCUT2D eigenvalue weighted by atomic mass is 16.6.